The summed E-state index contributed by atoms with van der Waals surface area (Å²) < 4.78 is 33.9. The number of hydrogen-bond donors (Lipinski definition) is 2. The predicted octanol–water partition coefficient (Wildman–Crippen LogP) is 10.1. The summed E-state index contributed by atoms with van der Waals surface area (Å²) in [5.41, 5.74) is 1.84. The Balaban J connectivity index is 1.32. The highest BCUT2D eigenvalue weighted by Crippen LogP contribution is 2.34. The molecule has 0 spiro atoms. The Morgan fingerprint density at radius 2 is 1.61 bits per heavy atom. The van der Waals surface area contributed by atoms with Crippen LogP contribution in [0.25, 0.3) is 28.0 Å². The lowest BCUT2D eigenvalue weighted by molar-refractivity contribution is -0.0177. The molecule has 3 aromatic carbocycles. The third-order valence-electron chi connectivity index (χ3n) is 10.3. The zero-order valence-corrected chi connectivity index (χ0v) is 37.2. The Bertz CT molecular complexity index is 2420. The monoisotopic (exact) mass is 870 g/mol. The number of rotatable bonds is 12. The second kappa shape index (κ2) is 19.4. The van der Waals surface area contributed by atoms with Crippen LogP contribution in [0.1, 0.15) is 96.9 Å². The first kappa shape index (κ1) is 45.6. The molecule has 0 radical (unpaired) electrons. The molecule has 1 saturated heterocycles. The number of fused-ring (bicyclic) bond motifs is 1. The van der Waals surface area contributed by atoms with Crippen molar-refractivity contribution in [2.75, 3.05) is 19.6 Å². The summed E-state index contributed by atoms with van der Waals surface area (Å²) in [5.74, 6) is -0.559. The third kappa shape index (κ3) is 11.7. The summed E-state index contributed by atoms with van der Waals surface area (Å²) in [5, 5.41) is 3.37. The Morgan fingerprint density at radius 1 is 0.903 bits per heavy atom. The summed E-state index contributed by atoms with van der Waals surface area (Å²) >= 11 is 6.32. The number of nitrogens with one attached hydrogen (secondary N) is 2. The molecular formula is C47H56ClFN6O7. The minimum atomic E-state index is -0.782. The van der Waals surface area contributed by atoms with Crippen molar-refractivity contribution in [1.29, 1.82) is 0 Å². The van der Waals surface area contributed by atoms with Crippen LogP contribution in [0, 0.1) is 5.82 Å². The average molecular weight is 871 g/mol. The molecule has 3 amide bonds. The molecular weight excluding hydrogens is 815 g/mol. The standard InChI is InChI=1S/C47H56ClFN6O7/c1-8-9-11-16-31-23-36(40(49)37(48)24-31)38-25-33-26-54(42(56)52-41(33)51-38)34-19-17-32(18-20-34)39-28-53(44(58)62-47(5,6)7)27-35(21-22-50-43(57)61-46(2,3)4)55(39)45(59)60-29-30-14-12-10-13-15-30/h10,12-15,17-20,23-26,35,39H,8-9,11,16,21-22,27-29H2,1-7H3,(H,50,57)(H,51,52,56)/t35-,39+/m1/s1. The SMILES string of the molecule is CCCCCc1cc(Cl)c(F)c(-c2cc3cn(-c4ccc([C@@H]5CN(C(=O)OC(C)(C)C)C[C@@H](CCNC(=O)OC(C)(C)C)N5C(=O)OCc5ccccc5)cc4)c(=O)nc3[nH]2)c1. The van der Waals surface area contributed by atoms with Gasteiger partial charge in [0.05, 0.1) is 28.5 Å². The van der Waals surface area contributed by atoms with E-state index in [-0.39, 0.29) is 37.7 Å². The Morgan fingerprint density at radius 3 is 2.29 bits per heavy atom. The van der Waals surface area contributed by atoms with Crippen LogP contribution in [0.15, 0.2) is 83.8 Å². The van der Waals surface area contributed by atoms with E-state index in [0.29, 0.717) is 33.5 Å². The van der Waals surface area contributed by atoms with E-state index in [0.717, 1.165) is 36.8 Å². The normalized spacial score (nSPS) is 15.7. The van der Waals surface area contributed by atoms with E-state index in [4.69, 9.17) is 25.8 Å². The molecule has 0 bridgehead atoms. The first-order valence-electron chi connectivity index (χ1n) is 21.0. The molecule has 2 aromatic heterocycles. The number of aromatic nitrogens is 3. The third-order valence-corrected chi connectivity index (χ3v) is 10.6. The number of piperazine rings is 1. The van der Waals surface area contributed by atoms with Gasteiger partial charge in [0, 0.05) is 36.8 Å². The fourth-order valence-electron chi connectivity index (χ4n) is 7.41. The number of amides is 3. The molecule has 1 aliphatic heterocycles. The van der Waals surface area contributed by atoms with Gasteiger partial charge in [-0.05, 0) is 108 Å². The molecule has 5 aromatic rings. The molecule has 15 heteroatoms. The van der Waals surface area contributed by atoms with Gasteiger partial charge in [0.1, 0.15) is 23.5 Å². The van der Waals surface area contributed by atoms with Crippen molar-refractivity contribution in [2.24, 2.45) is 0 Å². The topological polar surface area (TPSA) is 148 Å². The molecule has 1 aliphatic rings. The van der Waals surface area contributed by atoms with Gasteiger partial charge in [-0.3, -0.25) is 9.47 Å². The number of nitrogens with zero attached hydrogens (tertiary/aromatic N) is 4. The molecule has 2 N–H and O–H groups in total. The number of alkyl carbamates (subject to hydrolysis) is 1. The van der Waals surface area contributed by atoms with Crippen LogP contribution >= 0.6 is 11.6 Å². The number of unbranched alkanes of at least 4 members (excludes halogenated alkanes) is 2. The van der Waals surface area contributed by atoms with Crippen LogP contribution < -0.4 is 11.0 Å². The molecule has 3 heterocycles. The van der Waals surface area contributed by atoms with Gasteiger partial charge in [-0.25, -0.2) is 23.6 Å². The number of hydrogen-bond acceptors (Lipinski definition) is 8. The van der Waals surface area contributed by atoms with Crippen LogP contribution in [-0.4, -0.2) is 79.5 Å². The number of carbonyl (C=O) groups excluding carboxylic acids is 3. The van der Waals surface area contributed by atoms with Gasteiger partial charge in [-0.1, -0.05) is 73.8 Å². The quantitative estimate of drug-likeness (QED) is 0.0930. The molecule has 0 unspecified atom stereocenters. The van der Waals surface area contributed by atoms with Crippen LogP contribution in [0.5, 0.6) is 0 Å². The molecule has 0 saturated carbocycles. The van der Waals surface area contributed by atoms with E-state index < -0.39 is 53.1 Å². The van der Waals surface area contributed by atoms with E-state index in [2.05, 4.69) is 22.2 Å². The Kier molecular flexibility index (Phi) is 14.3. The van der Waals surface area contributed by atoms with E-state index in [1.54, 1.807) is 100 Å². The maximum absolute atomic E-state index is 15.4. The van der Waals surface area contributed by atoms with Gasteiger partial charge in [-0.15, -0.1) is 0 Å². The predicted molar refractivity (Wildman–Crippen MR) is 237 cm³/mol. The maximum atomic E-state index is 15.4. The first-order valence-corrected chi connectivity index (χ1v) is 21.4. The molecule has 2 atom stereocenters. The zero-order valence-electron chi connectivity index (χ0n) is 36.4. The highest BCUT2D eigenvalue weighted by molar-refractivity contribution is 6.31. The minimum absolute atomic E-state index is 0.0177. The fraction of sp³-hybridized carbons (Fsp3) is 0.426. The lowest BCUT2D eigenvalue weighted by atomic mass is 9.97. The summed E-state index contributed by atoms with van der Waals surface area (Å²) in [4.78, 5) is 64.5. The van der Waals surface area contributed by atoms with E-state index in [1.807, 2.05) is 30.3 Å². The fourth-order valence-corrected chi connectivity index (χ4v) is 7.65. The van der Waals surface area contributed by atoms with Crippen molar-refractivity contribution in [3.63, 3.8) is 0 Å². The highest BCUT2D eigenvalue weighted by Gasteiger charge is 2.42. The molecule has 330 valence electrons. The molecule has 62 heavy (non-hydrogen) atoms. The van der Waals surface area contributed by atoms with Crippen LogP contribution in [0.4, 0.5) is 18.8 Å². The second-order valence-corrected chi connectivity index (χ2v) is 18.0. The van der Waals surface area contributed by atoms with Crippen molar-refractivity contribution in [3.8, 4) is 16.9 Å². The number of halogens is 2. The number of aryl methyl sites for hydroxylation is 1. The van der Waals surface area contributed by atoms with Gasteiger partial charge in [0.25, 0.3) is 0 Å². The van der Waals surface area contributed by atoms with E-state index in [9.17, 15) is 19.2 Å². The van der Waals surface area contributed by atoms with Gasteiger partial charge < -0.3 is 29.4 Å². The lowest BCUT2D eigenvalue weighted by Crippen LogP contribution is -2.59. The van der Waals surface area contributed by atoms with Crippen LogP contribution in [0.2, 0.25) is 5.02 Å². The zero-order chi connectivity index (χ0) is 44.8. The van der Waals surface area contributed by atoms with Crippen molar-refractivity contribution in [3.05, 3.63) is 117 Å². The van der Waals surface area contributed by atoms with Gasteiger partial charge >= 0.3 is 24.0 Å². The van der Waals surface area contributed by atoms with Crippen LogP contribution in [0.3, 0.4) is 0 Å². The van der Waals surface area contributed by atoms with E-state index in [1.165, 1.54) is 4.57 Å². The van der Waals surface area contributed by atoms with Crippen molar-refractivity contribution in [2.45, 2.75) is 110 Å². The Hall–Kier alpha value is -5.89. The molecule has 0 aliphatic carbocycles. The number of ether oxygens (including phenoxy) is 3. The number of carbonyl (C=O) groups is 3. The molecule has 1 fully saturated rings. The second-order valence-electron chi connectivity index (χ2n) is 17.6. The summed E-state index contributed by atoms with van der Waals surface area (Å²) in [7, 11) is 0. The van der Waals surface area contributed by atoms with Crippen molar-refractivity contribution >= 4 is 40.9 Å². The highest BCUT2D eigenvalue weighted by atomic mass is 35.5. The minimum Gasteiger partial charge on any atom is -0.445 e. The smallest absolute Gasteiger partial charge is 0.410 e. The van der Waals surface area contributed by atoms with E-state index >= 15 is 4.39 Å². The number of benzene rings is 3. The number of H-pyrrole nitrogens is 1. The molecule has 6 rings (SSSR count). The molecule has 13 nitrogen and oxygen atoms in total. The summed E-state index contributed by atoms with van der Waals surface area (Å²) in [6.07, 6.45) is 3.95. The van der Waals surface area contributed by atoms with Gasteiger partial charge in [-0.2, -0.15) is 4.98 Å². The maximum Gasteiger partial charge on any atom is 0.410 e. The summed E-state index contributed by atoms with van der Waals surface area (Å²) in [6, 6.07) is 20.2. The summed E-state index contributed by atoms with van der Waals surface area (Å²) in [6.45, 7) is 13.1. The average Bonchev–Trinajstić information content (AvgIpc) is 3.62. The van der Waals surface area contributed by atoms with Gasteiger partial charge in [0.15, 0.2) is 5.82 Å². The first-order chi connectivity index (χ1) is 29.4. The van der Waals surface area contributed by atoms with Crippen LogP contribution in [-0.2, 0) is 27.2 Å². The Labute approximate surface area is 366 Å². The largest absolute Gasteiger partial charge is 0.445 e. The lowest BCUT2D eigenvalue weighted by Gasteiger charge is -2.46. The number of aromatic amines is 1. The van der Waals surface area contributed by atoms with Crippen molar-refractivity contribution < 1.29 is 33.0 Å². The van der Waals surface area contributed by atoms with Crippen molar-refractivity contribution in [1.82, 2.24) is 29.7 Å². The van der Waals surface area contributed by atoms with Gasteiger partial charge in [0.2, 0.25) is 0 Å².